The van der Waals surface area contributed by atoms with E-state index in [0.717, 1.165) is 17.5 Å². The molecule has 0 aromatic heterocycles. The molecule has 2 rings (SSSR count). The number of aliphatic hydroxyl groups excluding tert-OH is 1. The summed E-state index contributed by atoms with van der Waals surface area (Å²) in [7, 11) is 0. The van der Waals surface area contributed by atoms with Gasteiger partial charge in [-0.1, -0.05) is 74.9 Å². The standard InChI is InChI=1S/C19H24O/c1-5-19(3,4)17-11-9-15(10-12-17)18(20)16-8-6-7-14(2)13-16/h6-13,18,20H,5H2,1-4H3. The third kappa shape index (κ3) is 3.10. The molecule has 0 fully saturated rings. The van der Waals surface area contributed by atoms with Crippen molar-refractivity contribution in [3.05, 3.63) is 70.8 Å². The first-order valence-electron chi connectivity index (χ1n) is 7.29. The summed E-state index contributed by atoms with van der Waals surface area (Å²) in [5.74, 6) is 0. The second-order valence-corrected chi connectivity index (χ2v) is 6.18. The molecule has 2 aromatic carbocycles. The van der Waals surface area contributed by atoms with Gasteiger partial charge in [-0.3, -0.25) is 0 Å². The van der Waals surface area contributed by atoms with Crippen molar-refractivity contribution >= 4 is 0 Å². The zero-order valence-corrected chi connectivity index (χ0v) is 12.9. The molecule has 20 heavy (non-hydrogen) atoms. The first kappa shape index (κ1) is 14.8. The van der Waals surface area contributed by atoms with Crippen LogP contribution in [0, 0.1) is 6.92 Å². The number of aryl methyl sites for hydroxylation is 1. The van der Waals surface area contributed by atoms with E-state index in [1.54, 1.807) is 0 Å². The van der Waals surface area contributed by atoms with Gasteiger partial charge in [-0.25, -0.2) is 0 Å². The Bertz CT molecular complexity index is 567. The average Bonchev–Trinajstić information content (AvgIpc) is 2.46. The number of aliphatic hydroxyl groups is 1. The molecule has 1 heteroatoms. The lowest BCUT2D eigenvalue weighted by molar-refractivity contribution is 0.220. The fourth-order valence-electron chi connectivity index (χ4n) is 2.35. The van der Waals surface area contributed by atoms with Crippen LogP contribution < -0.4 is 0 Å². The van der Waals surface area contributed by atoms with Gasteiger partial charge in [0.2, 0.25) is 0 Å². The van der Waals surface area contributed by atoms with Crippen LogP contribution in [0.25, 0.3) is 0 Å². The Balaban J connectivity index is 2.26. The van der Waals surface area contributed by atoms with Crippen LogP contribution in [0.3, 0.4) is 0 Å². The van der Waals surface area contributed by atoms with E-state index in [1.165, 1.54) is 11.1 Å². The summed E-state index contributed by atoms with van der Waals surface area (Å²) in [6.45, 7) is 8.75. The molecule has 0 heterocycles. The Morgan fingerprint density at radius 1 is 1.00 bits per heavy atom. The van der Waals surface area contributed by atoms with E-state index < -0.39 is 6.10 Å². The number of benzene rings is 2. The van der Waals surface area contributed by atoms with Gasteiger partial charge in [-0.2, -0.15) is 0 Å². The summed E-state index contributed by atoms with van der Waals surface area (Å²) in [4.78, 5) is 0. The molecule has 1 nitrogen and oxygen atoms in total. The summed E-state index contributed by atoms with van der Waals surface area (Å²) in [5.41, 5.74) is 4.58. The van der Waals surface area contributed by atoms with E-state index in [2.05, 4.69) is 32.9 Å². The van der Waals surface area contributed by atoms with Gasteiger partial charge in [0, 0.05) is 0 Å². The first-order valence-corrected chi connectivity index (χ1v) is 7.29. The predicted octanol–water partition coefficient (Wildman–Crippen LogP) is 4.76. The van der Waals surface area contributed by atoms with Gasteiger partial charge < -0.3 is 5.11 Å². The fourth-order valence-corrected chi connectivity index (χ4v) is 2.35. The second kappa shape index (κ2) is 5.80. The molecule has 0 radical (unpaired) electrons. The maximum atomic E-state index is 10.5. The highest BCUT2D eigenvalue weighted by Crippen LogP contribution is 2.29. The predicted molar refractivity (Wildman–Crippen MR) is 85.0 cm³/mol. The zero-order valence-electron chi connectivity index (χ0n) is 12.9. The molecule has 0 bridgehead atoms. The molecule has 0 aliphatic rings. The molecule has 0 spiro atoms. The molecule has 0 saturated carbocycles. The van der Waals surface area contributed by atoms with Crippen molar-refractivity contribution < 1.29 is 5.11 Å². The summed E-state index contributed by atoms with van der Waals surface area (Å²) in [6, 6.07) is 16.4. The molecule has 106 valence electrons. The Hall–Kier alpha value is -1.60. The molecule has 0 aliphatic carbocycles. The van der Waals surface area contributed by atoms with E-state index in [1.807, 2.05) is 43.3 Å². The minimum Gasteiger partial charge on any atom is -0.384 e. The molecular weight excluding hydrogens is 244 g/mol. The smallest absolute Gasteiger partial charge is 0.104 e. The van der Waals surface area contributed by atoms with Crippen LogP contribution in [-0.2, 0) is 5.41 Å². The average molecular weight is 268 g/mol. The van der Waals surface area contributed by atoms with E-state index >= 15 is 0 Å². The van der Waals surface area contributed by atoms with Crippen molar-refractivity contribution in [3.63, 3.8) is 0 Å². The van der Waals surface area contributed by atoms with Crippen LogP contribution in [0.2, 0.25) is 0 Å². The van der Waals surface area contributed by atoms with Gasteiger partial charge in [0.05, 0.1) is 0 Å². The van der Waals surface area contributed by atoms with Gasteiger partial charge in [-0.15, -0.1) is 0 Å². The topological polar surface area (TPSA) is 20.2 Å². The number of hydrogen-bond acceptors (Lipinski definition) is 1. The largest absolute Gasteiger partial charge is 0.384 e. The lowest BCUT2D eigenvalue weighted by Gasteiger charge is -2.24. The Morgan fingerprint density at radius 3 is 2.20 bits per heavy atom. The van der Waals surface area contributed by atoms with Crippen molar-refractivity contribution in [2.75, 3.05) is 0 Å². The quantitative estimate of drug-likeness (QED) is 0.847. The van der Waals surface area contributed by atoms with Crippen LogP contribution in [-0.4, -0.2) is 5.11 Å². The van der Waals surface area contributed by atoms with E-state index in [4.69, 9.17) is 0 Å². The maximum absolute atomic E-state index is 10.5. The molecule has 1 atom stereocenters. The highest BCUT2D eigenvalue weighted by atomic mass is 16.3. The summed E-state index contributed by atoms with van der Waals surface area (Å²) in [5, 5.41) is 10.5. The van der Waals surface area contributed by atoms with Crippen LogP contribution in [0.5, 0.6) is 0 Å². The summed E-state index contributed by atoms with van der Waals surface area (Å²) >= 11 is 0. The van der Waals surface area contributed by atoms with Crippen LogP contribution in [0.15, 0.2) is 48.5 Å². The Kier molecular flexibility index (Phi) is 4.29. The molecule has 0 amide bonds. The molecule has 0 saturated heterocycles. The zero-order chi connectivity index (χ0) is 14.8. The van der Waals surface area contributed by atoms with Gasteiger partial charge in [0.1, 0.15) is 6.10 Å². The van der Waals surface area contributed by atoms with Crippen molar-refractivity contribution in [1.82, 2.24) is 0 Å². The molecule has 1 N–H and O–H groups in total. The SMILES string of the molecule is CCC(C)(C)c1ccc(C(O)c2cccc(C)c2)cc1. The van der Waals surface area contributed by atoms with E-state index in [9.17, 15) is 5.11 Å². The van der Waals surface area contributed by atoms with Crippen molar-refractivity contribution in [3.8, 4) is 0 Å². The van der Waals surface area contributed by atoms with Gasteiger partial charge in [-0.05, 0) is 35.4 Å². The highest BCUT2D eigenvalue weighted by molar-refractivity contribution is 5.35. The first-order chi connectivity index (χ1) is 9.44. The molecule has 2 aromatic rings. The second-order valence-electron chi connectivity index (χ2n) is 6.18. The summed E-state index contributed by atoms with van der Waals surface area (Å²) < 4.78 is 0. The number of hydrogen-bond donors (Lipinski definition) is 1. The monoisotopic (exact) mass is 268 g/mol. The third-order valence-electron chi connectivity index (χ3n) is 4.25. The molecule has 0 aliphatic heterocycles. The van der Waals surface area contributed by atoms with Gasteiger partial charge >= 0.3 is 0 Å². The highest BCUT2D eigenvalue weighted by Gasteiger charge is 2.18. The van der Waals surface area contributed by atoms with Crippen molar-refractivity contribution in [2.45, 2.75) is 45.6 Å². The Morgan fingerprint density at radius 2 is 1.65 bits per heavy atom. The fraction of sp³-hybridized carbons (Fsp3) is 0.368. The van der Waals surface area contributed by atoms with E-state index in [0.29, 0.717) is 0 Å². The van der Waals surface area contributed by atoms with Crippen molar-refractivity contribution in [1.29, 1.82) is 0 Å². The van der Waals surface area contributed by atoms with Gasteiger partial charge in [0.15, 0.2) is 0 Å². The van der Waals surface area contributed by atoms with Crippen LogP contribution in [0.1, 0.15) is 55.5 Å². The minimum atomic E-state index is -0.548. The normalized spacial score (nSPS) is 13.2. The van der Waals surface area contributed by atoms with Gasteiger partial charge in [0.25, 0.3) is 0 Å². The lowest BCUT2D eigenvalue weighted by atomic mass is 9.81. The number of rotatable bonds is 4. The molecular formula is C19H24O. The Labute approximate surface area is 122 Å². The maximum Gasteiger partial charge on any atom is 0.104 e. The minimum absolute atomic E-state index is 0.187. The molecule has 1 unspecified atom stereocenters. The third-order valence-corrected chi connectivity index (χ3v) is 4.25. The van der Waals surface area contributed by atoms with E-state index in [-0.39, 0.29) is 5.41 Å². The summed E-state index contributed by atoms with van der Waals surface area (Å²) in [6.07, 6.45) is 0.556. The lowest BCUT2D eigenvalue weighted by Crippen LogP contribution is -2.15. The van der Waals surface area contributed by atoms with Crippen LogP contribution >= 0.6 is 0 Å². The van der Waals surface area contributed by atoms with Crippen molar-refractivity contribution in [2.24, 2.45) is 0 Å². The van der Waals surface area contributed by atoms with Crippen LogP contribution in [0.4, 0.5) is 0 Å².